The molecule has 0 unspecified atom stereocenters. The Labute approximate surface area is 185 Å². The summed E-state index contributed by atoms with van der Waals surface area (Å²) in [5.74, 6) is 0.281. The molecule has 1 aliphatic rings. The second kappa shape index (κ2) is 9.74. The van der Waals surface area contributed by atoms with E-state index < -0.39 is 11.9 Å². The fourth-order valence-corrected chi connectivity index (χ4v) is 3.74. The highest BCUT2D eigenvalue weighted by atomic mass is 32.1. The number of benzene rings is 2. The van der Waals surface area contributed by atoms with Gasteiger partial charge in [-0.3, -0.25) is 14.5 Å². The number of thiocarbonyl (C=S) groups is 1. The Morgan fingerprint density at radius 1 is 1.13 bits per heavy atom. The lowest BCUT2D eigenvalue weighted by atomic mass is 10.1. The molecule has 1 N–H and O–H groups in total. The van der Waals surface area contributed by atoms with Crippen molar-refractivity contribution in [3.05, 3.63) is 53.8 Å². The zero-order valence-corrected chi connectivity index (χ0v) is 18.4. The minimum Gasteiger partial charge on any atom is -0.493 e. The maximum absolute atomic E-state index is 13.1. The van der Waals surface area contributed by atoms with Crippen LogP contribution in [0.2, 0.25) is 0 Å². The fraction of sp³-hybridized carbons (Fsp3) is 0.318. The Morgan fingerprint density at radius 2 is 1.81 bits per heavy atom. The van der Waals surface area contributed by atoms with Crippen LogP contribution in [0.1, 0.15) is 12.0 Å². The molecule has 1 aliphatic heterocycles. The monoisotopic (exact) mass is 445 g/mol. The van der Waals surface area contributed by atoms with Crippen molar-refractivity contribution in [2.45, 2.75) is 18.9 Å². The van der Waals surface area contributed by atoms with Gasteiger partial charge in [-0.25, -0.2) is 4.39 Å². The topological polar surface area (TPSA) is 71.1 Å². The summed E-state index contributed by atoms with van der Waals surface area (Å²) in [5, 5.41) is 3.07. The summed E-state index contributed by atoms with van der Waals surface area (Å²) in [6.45, 7) is 0.457. The van der Waals surface area contributed by atoms with Gasteiger partial charge in [0.05, 0.1) is 20.6 Å². The highest BCUT2D eigenvalue weighted by Crippen LogP contribution is 2.28. The van der Waals surface area contributed by atoms with Gasteiger partial charge in [-0.05, 0) is 60.6 Å². The molecule has 0 radical (unpaired) electrons. The third kappa shape index (κ3) is 5.11. The summed E-state index contributed by atoms with van der Waals surface area (Å²) in [6.07, 6.45) is 0.532. The summed E-state index contributed by atoms with van der Waals surface area (Å²) in [4.78, 5) is 28.3. The second-order valence-electron chi connectivity index (χ2n) is 7.09. The summed E-state index contributed by atoms with van der Waals surface area (Å²) in [5.41, 5.74) is 1.45. The Hall–Kier alpha value is -3.20. The van der Waals surface area contributed by atoms with Crippen LogP contribution in [0.5, 0.6) is 11.5 Å². The third-order valence-electron chi connectivity index (χ3n) is 5.12. The zero-order chi connectivity index (χ0) is 22.5. The molecule has 1 heterocycles. The normalized spacial score (nSPS) is 15.9. The van der Waals surface area contributed by atoms with Gasteiger partial charge in [0.15, 0.2) is 16.6 Å². The number of ether oxygens (including phenoxy) is 2. The van der Waals surface area contributed by atoms with Crippen molar-refractivity contribution in [2.24, 2.45) is 0 Å². The van der Waals surface area contributed by atoms with E-state index in [4.69, 9.17) is 21.7 Å². The predicted octanol–water partition coefficient (Wildman–Crippen LogP) is 2.84. The Bertz CT molecular complexity index is 983. The van der Waals surface area contributed by atoms with Gasteiger partial charge in [0.2, 0.25) is 5.91 Å². The average Bonchev–Trinajstić information content (AvgIpc) is 2.97. The number of carbonyl (C=O) groups excluding carboxylic acids is 2. The van der Waals surface area contributed by atoms with Crippen molar-refractivity contribution in [1.29, 1.82) is 0 Å². The Kier molecular flexibility index (Phi) is 7.06. The average molecular weight is 446 g/mol. The van der Waals surface area contributed by atoms with Crippen LogP contribution >= 0.6 is 12.2 Å². The van der Waals surface area contributed by atoms with Crippen LogP contribution in [-0.2, 0) is 16.0 Å². The molecular weight excluding hydrogens is 421 g/mol. The van der Waals surface area contributed by atoms with E-state index in [-0.39, 0.29) is 18.2 Å². The molecule has 1 saturated heterocycles. The minimum atomic E-state index is -0.696. The molecule has 0 spiro atoms. The first-order valence-corrected chi connectivity index (χ1v) is 10.1. The van der Waals surface area contributed by atoms with Gasteiger partial charge < -0.3 is 19.7 Å². The molecule has 2 aromatic rings. The number of amides is 2. The van der Waals surface area contributed by atoms with Crippen LogP contribution in [0.4, 0.5) is 10.1 Å². The van der Waals surface area contributed by atoms with E-state index >= 15 is 0 Å². The van der Waals surface area contributed by atoms with Crippen molar-refractivity contribution in [1.82, 2.24) is 9.80 Å². The van der Waals surface area contributed by atoms with Gasteiger partial charge in [0, 0.05) is 19.3 Å². The van der Waals surface area contributed by atoms with Crippen LogP contribution < -0.4 is 14.8 Å². The Balaban J connectivity index is 1.68. The summed E-state index contributed by atoms with van der Waals surface area (Å²) >= 11 is 5.43. The van der Waals surface area contributed by atoms with Crippen molar-refractivity contribution < 1.29 is 23.5 Å². The van der Waals surface area contributed by atoms with E-state index in [1.165, 1.54) is 29.2 Å². The smallest absolute Gasteiger partial charge is 0.251 e. The van der Waals surface area contributed by atoms with Crippen molar-refractivity contribution >= 4 is 34.8 Å². The van der Waals surface area contributed by atoms with E-state index in [9.17, 15) is 14.0 Å². The second-order valence-corrected chi connectivity index (χ2v) is 7.45. The molecule has 164 valence electrons. The quantitative estimate of drug-likeness (QED) is 0.630. The molecule has 0 saturated carbocycles. The molecule has 2 aromatic carbocycles. The first kappa shape index (κ1) is 22.5. The minimum absolute atomic E-state index is 0.0629. The molecule has 1 fully saturated rings. The highest BCUT2D eigenvalue weighted by molar-refractivity contribution is 7.80. The van der Waals surface area contributed by atoms with E-state index in [0.29, 0.717) is 35.3 Å². The third-order valence-corrected chi connectivity index (χ3v) is 5.63. The molecular formula is C22H24FN3O4S. The van der Waals surface area contributed by atoms with Crippen molar-refractivity contribution in [3.63, 3.8) is 0 Å². The van der Waals surface area contributed by atoms with Crippen LogP contribution in [0, 0.1) is 5.82 Å². The number of rotatable bonds is 8. The SMILES string of the molecule is COc1ccc(CCN2C(=S)N(C)C(=O)[C@@H]2CC(=O)Nc2ccc(F)cc2)cc1OC. The number of nitrogens with zero attached hydrogens (tertiary/aromatic N) is 2. The predicted molar refractivity (Wildman–Crippen MR) is 119 cm³/mol. The van der Waals surface area contributed by atoms with Crippen LogP contribution in [0.15, 0.2) is 42.5 Å². The lowest BCUT2D eigenvalue weighted by Gasteiger charge is -2.23. The number of carbonyl (C=O) groups is 2. The van der Waals surface area contributed by atoms with Gasteiger partial charge in [-0.1, -0.05) is 6.07 Å². The number of likely N-dealkylation sites (N-methyl/N-ethyl adjacent to an activating group) is 1. The first-order chi connectivity index (χ1) is 14.8. The lowest BCUT2D eigenvalue weighted by molar-refractivity contribution is -0.130. The largest absolute Gasteiger partial charge is 0.493 e. The number of hydrogen-bond acceptors (Lipinski definition) is 5. The highest BCUT2D eigenvalue weighted by Gasteiger charge is 2.41. The lowest BCUT2D eigenvalue weighted by Crippen LogP contribution is -2.39. The standard InChI is InChI=1S/C22H24FN3O4S/c1-25-21(28)17(13-20(27)24-16-7-5-15(23)6-8-16)26(22(25)31)11-10-14-4-9-18(29-2)19(12-14)30-3/h4-9,12,17H,10-11,13H2,1-3H3,(H,24,27)/t17-/m0/s1. The Morgan fingerprint density at radius 3 is 2.45 bits per heavy atom. The first-order valence-electron chi connectivity index (χ1n) is 9.68. The molecule has 31 heavy (non-hydrogen) atoms. The molecule has 0 aromatic heterocycles. The number of methoxy groups -OCH3 is 2. The van der Waals surface area contributed by atoms with E-state index in [0.717, 1.165) is 5.56 Å². The molecule has 1 atom stereocenters. The molecule has 0 bridgehead atoms. The summed E-state index contributed by atoms with van der Waals surface area (Å²) in [6, 6.07) is 10.4. The van der Waals surface area contributed by atoms with Gasteiger partial charge >= 0.3 is 0 Å². The molecule has 7 nitrogen and oxygen atoms in total. The number of anilines is 1. The van der Waals surface area contributed by atoms with Crippen LogP contribution in [-0.4, -0.2) is 60.6 Å². The molecule has 0 aliphatic carbocycles. The van der Waals surface area contributed by atoms with Gasteiger partial charge in [0.1, 0.15) is 11.9 Å². The fourth-order valence-electron chi connectivity index (χ4n) is 3.43. The van der Waals surface area contributed by atoms with Gasteiger partial charge in [0.25, 0.3) is 5.91 Å². The summed E-state index contributed by atoms with van der Waals surface area (Å²) in [7, 11) is 4.75. The molecule has 3 rings (SSSR count). The molecule has 2 amide bonds. The van der Waals surface area contributed by atoms with E-state index in [1.54, 1.807) is 26.2 Å². The van der Waals surface area contributed by atoms with Crippen molar-refractivity contribution in [3.8, 4) is 11.5 Å². The maximum Gasteiger partial charge on any atom is 0.251 e. The summed E-state index contributed by atoms with van der Waals surface area (Å²) < 4.78 is 23.7. The van der Waals surface area contributed by atoms with E-state index in [1.807, 2.05) is 18.2 Å². The van der Waals surface area contributed by atoms with Crippen LogP contribution in [0.3, 0.4) is 0 Å². The number of halogens is 1. The van der Waals surface area contributed by atoms with Gasteiger partial charge in [-0.2, -0.15) is 0 Å². The van der Waals surface area contributed by atoms with Crippen LogP contribution in [0.25, 0.3) is 0 Å². The molecule has 9 heteroatoms. The van der Waals surface area contributed by atoms with Gasteiger partial charge in [-0.15, -0.1) is 0 Å². The number of nitrogens with one attached hydrogen (secondary N) is 1. The van der Waals surface area contributed by atoms with E-state index in [2.05, 4.69) is 5.32 Å². The van der Waals surface area contributed by atoms with Crippen molar-refractivity contribution in [2.75, 3.05) is 33.1 Å². The zero-order valence-electron chi connectivity index (χ0n) is 17.6. The maximum atomic E-state index is 13.1. The number of hydrogen-bond donors (Lipinski definition) is 1.